The molecule has 0 spiro atoms. The first-order valence-electron chi connectivity index (χ1n) is 11.8. The average molecular weight is 533 g/mol. The van der Waals surface area contributed by atoms with E-state index in [1.54, 1.807) is 0 Å². The van der Waals surface area contributed by atoms with E-state index in [1.165, 1.54) is 6.92 Å². The molecule has 0 fully saturated rings. The minimum Gasteiger partial charge on any atom is -0.481 e. The van der Waals surface area contributed by atoms with E-state index in [-0.39, 0.29) is 38.2 Å². The molecule has 16 heteroatoms. The van der Waals surface area contributed by atoms with E-state index in [0.717, 1.165) is 0 Å². The van der Waals surface area contributed by atoms with E-state index in [1.807, 2.05) is 0 Å². The van der Waals surface area contributed by atoms with Gasteiger partial charge in [0.1, 0.15) is 24.2 Å². The van der Waals surface area contributed by atoms with Gasteiger partial charge in [0.15, 0.2) is 5.96 Å². The molecule has 0 aliphatic heterocycles. The summed E-state index contributed by atoms with van der Waals surface area (Å²) in [6.07, 6.45) is -0.747. The summed E-state index contributed by atoms with van der Waals surface area (Å²) < 4.78 is 0. The van der Waals surface area contributed by atoms with Crippen molar-refractivity contribution in [3.63, 3.8) is 0 Å². The molecule has 0 heterocycles. The van der Waals surface area contributed by atoms with Gasteiger partial charge in [0.05, 0.1) is 6.10 Å². The molecule has 212 valence electrons. The number of aliphatic hydroxyl groups excluding tert-OH is 1. The zero-order valence-corrected chi connectivity index (χ0v) is 20.9. The second-order valence-corrected chi connectivity index (χ2v) is 8.45. The first-order chi connectivity index (χ1) is 17.3. The number of hydrogen-bond acceptors (Lipinski definition) is 9. The number of nitrogens with two attached hydrogens (primary N) is 4. The Kier molecular flexibility index (Phi) is 16.2. The Morgan fingerprint density at radius 2 is 1.32 bits per heavy atom. The molecule has 16 nitrogen and oxygen atoms in total. The van der Waals surface area contributed by atoms with Gasteiger partial charge in [-0.05, 0) is 52.0 Å². The summed E-state index contributed by atoms with van der Waals surface area (Å²) in [5.41, 5.74) is 21.5. The fraction of sp³-hybridized carbons (Fsp3) is 0.714. The second-order valence-electron chi connectivity index (χ2n) is 8.45. The van der Waals surface area contributed by atoms with Gasteiger partial charge < -0.3 is 54.2 Å². The lowest BCUT2D eigenvalue weighted by Gasteiger charge is -2.25. The Hall–Kier alpha value is -3.50. The molecule has 0 radical (unpaired) electrons. The summed E-state index contributed by atoms with van der Waals surface area (Å²) >= 11 is 0. The van der Waals surface area contributed by atoms with Crippen LogP contribution in [0, 0.1) is 0 Å². The molecule has 5 atom stereocenters. The van der Waals surface area contributed by atoms with Gasteiger partial charge in [-0.2, -0.15) is 0 Å². The summed E-state index contributed by atoms with van der Waals surface area (Å²) in [6.45, 7) is 1.74. The standard InChI is InChI=1S/C21H40N8O8/c1-11(30)16(23)19(35)28-13(7-8-15(31)32)18(34)27-12(5-2-3-9-22)17(33)29-14(20(36)37)6-4-10-26-21(24)25/h11-14,16,30H,2-10,22-23H2,1H3,(H,27,34)(H,28,35)(H,29,33)(H,31,32)(H,36,37)(H4,24,25,26). The second kappa shape index (κ2) is 17.9. The van der Waals surface area contributed by atoms with E-state index < -0.39 is 66.4 Å². The van der Waals surface area contributed by atoms with Crippen LogP contribution in [-0.2, 0) is 24.0 Å². The van der Waals surface area contributed by atoms with Gasteiger partial charge in [0, 0.05) is 13.0 Å². The number of unbranched alkanes of at least 4 members (excludes halogenated alkanes) is 1. The first-order valence-corrected chi connectivity index (χ1v) is 11.8. The number of aliphatic carboxylic acids is 2. The quantitative estimate of drug-likeness (QED) is 0.0436. The highest BCUT2D eigenvalue weighted by Gasteiger charge is 2.31. The Labute approximate surface area is 214 Å². The Morgan fingerprint density at radius 1 is 0.811 bits per heavy atom. The normalized spacial score (nSPS) is 14.8. The van der Waals surface area contributed by atoms with Crippen molar-refractivity contribution in [2.75, 3.05) is 13.1 Å². The number of guanidine groups is 1. The minimum absolute atomic E-state index is 0.00977. The Bertz CT molecular complexity index is 803. The van der Waals surface area contributed by atoms with Crippen LogP contribution in [0.25, 0.3) is 0 Å². The van der Waals surface area contributed by atoms with Crippen LogP contribution < -0.4 is 38.9 Å². The topological polar surface area (TPSA) is 299 Å². The average Bonchev–Trinajstić information content (AvgIpc) is 2.81. The van der Waals surface area contributed by atoms with Crippen molar-refractivity contribution < 1.29 is 39.3 Å². The van der Waals surface area contributed by atoms with E-state index >= 15 is 0 Å². The van der Waals surface area contributed by atoms with Crippen LogP contribution in [0.4, 0.5) is 0 Å². The van der Waals surface area contributed by atoms with Crippen LogP contribution in [0.3, 0.4) is 0 Å². The highest BCUT2D eigenvalue weighted by Crippen LogP contribution is 2.07. The van der Waals surface area contributed by atoms with Gasteiger partial charge in [-0.1, -0.05) is 0 Å². The molecule has 0 aliphatic carbocycles. The molecule has 37 heavy (non-hydrogen) atoms. The lowest BCUT2D eigenvalue weighted by atomic mass is 10.0. The number of rotatable bonds is 19. The highest BCUT2D eigenvalue weighted by molar-refractivity contribution is 5.94. The number of carboxylic acid groups (broad SMARTS) is 2. The van der Waals surface area contributed by atoms with Crippen molar-refractivity contribution in [3.8, 4) is 0 Å². The maximum absolute atomic E-state index is 12.9. The lowest BCUT2D eigenvalue weighted by molar-refractivity contribution is -0.142. The summed E-state index contributed by atoms with van der Waals surface area (Å²) in [5, 5.41) is 35.1. The number of nitrogens with one attached hydrogen (secondary N) is 3. The maximum atomic E-state index is 12.9. The Morgan fingerprint density at radius 3 is 1.81 bits per heavy atom. The van der Waals surface area contributed by atoms with E-state index in [9.17, 15) is 34.2 Å². The van der Waals surface area contributed by atoms with Crippen LogP contribution in [0.1, 0.15) is 51.9 Å². The number of nitrogens with zero attached hydrogens (tertiary/aromatic N) is 1. The molecule has 5 unspecified atom stereocenters. The van der Waals surface area contributed by atoms with Gasteiger partial charge in [-0.3, -0.25) is 24.2 Å². The first kappa shape index (κ1) is 33.5. The van der Waals surface area contributed by atoms with Crippen molar-refractivity contribution in [2.24, 2.45) is 27.9 Å². The fourth-order valence-corrected chi connectivity index (χ4v) is 3.09. The van der Waals surface area contributed by atoms with Crippen LogP contribution in [-0.4, -0.2) is 94.3 Å². The number of aliphatic hydroxyl groups is 1. The number of amides is 3. The van der Waals surface area contributed by atoms with Gasteiger partial charge in [0.25, 0.3) is 0 Å². The van der Waals surface area contributed by atoms with Crippen molar-refractivity contribution in [2.45, 2.75) is 82.1 Å². The van der Waals surface area contributed by atoms with Crippen molar-refractivity contribution in [3.05, 3.63) is 0 Å². The molecule has 0 aromatic carbocycles. The summed E-state index contributed by atoms with van der Waals surface area (Å²) in [4.78, 5) is 64.5. The lowest BCUT2D eigenvalue weighted by Crippen LogP contribution is -2.58. The largest absolute Gasteiger partial charge is 0.481 e. The summed E-state index contributed by atoms with van der Waals surface area (Å²) in [7, 11) is 0. The zero-order valence-electron chi connectivity index (χ0n) is 20.9. The minimum atomic E-state index is -1.38. The molecule has 0 saturated carbocycles. The Balaban J connectivity index is 5.56. The number of carbonyl (C=O) groups is 5. The van der Waals surface area contributed by atoms with Crippen molar-refractivity contribution in [1.82, 2.24) is 16.0 Å². The van der Waals surface area contributed by atoms with Crippen molar-refractivity contribution in [1.29, 1.82) is 0 Å². The molecule has 0 bridgehead atoms. The molecular weight excluding hydrogens is 492 g/mol. The van der Waals surface area contributed by atoms with E-state index in [0.29, 0.717) is 19.4 Å². The molecule has 0 rings (SSSR count). The molecular formula is C21H40N8O8. The van der Waals surface area contributed by atoms with E-state index in [2.05, 4.69) is 20.9 Å². The van der Waals surface area contributed by atoms with Crippen LogP contribution in [0.15, 0.2) is 4.99 Å². The van der Waals surface area contributed by atoms with Gasteiger partial charge in [-0.25, -0.2) is 4.79 Å². The predicted octanol–water partition coefficient (Wildman–Crippen LogP) is -3.72. The van der Waals surface area contributed by atoms with Crippen molar-refractivity contribution >= 4 is 35.6 Å². The fourth-order valence-electron chi connectivity index (χ4n) is 3.09. The number of aliphatic imine (C=N–C) groups is 1. The number of carboxylic acids is 2. The number of carbonyl (C=O) groups excluding carboxylic acids is 3. The predicted molar refractivity (Wildman–Crippen MR) is 133 cm³/mol. The maximum Gasteiger partial charge on any atom is 0.326 e. The third-order valence-electron chi connectivity index (χ3n) is 5.24. The van der Waals surface area contributed by atoms with Gasteiger partial charge >= 0.3 is 11.9 Å². The summed E-state index contributed by atoms with van der Waals surface area (Å²) in [6, 6.07) is -5.25. The molecule has 0 aromatic rings. The molecule has 3 amide bonds. The molecule has 0 aromatic heterocycles. The smallest absolute Gasteiger partial charge is 0.326 e. The SMILES string of the molecule is CC(O)C(N)C(=O)NC(CCC(=O)O)C(=O)NC(CCCCN)C(=O)NC(CCCN=C(N)N)C(=O)O. The molecule has 14 N–H and O–H groups in total. The van der Waals surface area contributed by atoms with Gasteiger partial charge in [0.2, 0.25) is 17.7 Å². The monoisotopic (exact) mass is 532 g/mol. The highest BCUT2D eigenvalue weighted by atomic mass is 16.4. The third kappa shape index (κ3) is 14.6. The number of hydrogen-bond donors (Lipinski definition) is 10. The van der Waals surface area contributed by atoms with Crippen LogP contribution in [0.5, 0.6) is 0 Å². The van der Waals surface area contributed by atoms with Crippen LogP contribution >= 0.6 is 0 Å². The molecule has 0 aliphatic rings. The molecule has 0 saturated heterocycles. The van der Waals surface area contributed by atoms with E-state index in [4.69, 9.17) is 28.0 Å². The van der Waals surface area contributed by atoms with Gasteiger partial charge in [-0.15, -0.1) is 0 Å². The third-order valence-corrected chi connectivity index (χ3v) is 5.24. The summed E-state index contributed by atoms with van der Waals surface area (Å²) in [5.74, 6) is -5.24. The van der Waals surface area contributed by atoms with Crippen LogP contribution in [0.2, 0.25) is 0 Å². The zero-order chi connectivity index (χ0) is 28.5.